The highest BCUT2D eigenvalue weighted by Crippen LogP contribution is 2.27. The standard InChI is InChI=1S/C22H19ClN2S/c1-15(20-8-4-6-16-5-2-3-7-21(16)20)24-13-19-14-26-22(25-19)17-9-11-18(23)12-10-17/h2-12,14-15,24H,13H2,1H3. The van der Waals surface area contributed by atoms with Crippen molar-refractivity contribution in [3.8, 4) is 10.6 Å². The lowest BCUT2D eigenvalue weighted by molar-refractivity contribution is 0.572. The molecular formula is C22H19ClN2S. The number of thiazole rings is 1. The van der Waals surface area contributed by atoms with Crippen LogP contribution in [0.5, 0.6) is 0 Å². The van der Waals surface area contributed by atoms with E-state index in [0.29, 0.717) is 0 Å². The second kappa shape index (κ2) is 7.58. The van der Waals surface area contributed by atoms with E-state index < -0.39 is 0 Å². The Morgan fingerprint density at radius 1 is 1.00 bits per heavy atom. The van der Waals surface area contributed by atoms with Gasteiger partial charge in [-0.05, 0) is 35.4 Å². The largest absolute Gasteiger partial charge is 0.305 e. The number of halogens is 1. The summed E-state index contributed by atoms with van der Waals surface area (Å²) in [7, 11) is 0. The molecule has 0 aliphatic carbocycles. The topological polar surface area (TPSA) is 24.9 Å². The average Bonchev–Trinajstić information content (AvgIpc) is 3.15. The van der Waals surface area contributed by atoms with Gasteiger partial charge in [-0.3, -0.25) is 0 Å². The minimum Gasteiger partial charge on any atom is -0.305 e. The van der Waals surface area contributed by atoms with Crippen LogP contribution in [0.25, 0.3) is 21.3 Å². The predicted molar refractivity (Wildman–Crippen MR) is 112 cm³/mol. The van der Waals surface area contributed by atoms with Gasteiger partial charge >= 0.3 is 0 Å². The van der Waals surface area contributed by atoms with Crippen molar-refractivity contribution in [3.63, 3.8) is 0 Å². The lowest BCUT2D eigenvalue weighted by Gasteiger charge is -2.16. The molecule has 1 N–H and O–H groups in total. The van der Waals surface area contributed by atoms with Crippen molar-refractivity contribution >= 4 is 33.7 Å². The third kappa shape index (κ3) is 3.65. The second-order valence-corrected chi connectivity index (χ2v) is 7.62. The normalized spacial score (nSPS) is 12.4. The molecule has 1 atom stereocenters. The van der Waals surface area contributed by atoms with Crippen molar-refractivity contribution < 1.29 is 0 Å². The van der Waals surface area contributed by atoms with Crippen molar-refractivity contribution in [1.29, 1.82) is 0 Å². The summed E-state index contributed by atoms with van der Waals surface area (Å²) >= 11 is 7.63. The first-order valence-corrected chi connectivity index (χ1v) is 9.88. The van der Waals surface area contributed by atoms with Gasteiger partial charge in [0.05, 0.1) is 5.69 Å². The zero-order valence-corrected chi connectivity index (χ0v) is 16.0. The molecule has 4 aromatic rings. The van der Waals surface area contributed by atoms with Crippen LogP contribution in [-0.2, 0) is 6.54 Å². The Kier molecular flexibility index (Phi) is 5.02. The zero-order chi connectivity index (χ0) is 17.9. The summed E-state index contributed by atoms with van der Waals surface area (Å²) < 4.78 is 0. The number of benzene rings is 3. The summed E-state index contributed by atoms with van der Waals surface area (Å²) in [5.74, 6) is 0. The second-order valence-electron chi connectivity index (χ2n) is 6.32. The number of fused-ring (bicyclic) bond motifs is 1. The maximum Gasteiger partial charge on any atom is 0.123 e. The van der Waals surface area contributed by atoms with Crippen LogP contribution in [0, 0.1) is 0 Å². The fourth-order valence-corrected chi connectivity index (χ4v) is 4.06. The van der Waals surface area contributed by atoms with E-state index in [9.17, 15) is 0 Å². The van der Waals surface area contributed by atoms with Crippen molar-refractivity contribution in [2.24, 2.45) is 0 Å². The summed E-state index contributed by atoms with van der Waals surface area (Å²) in [4.78, 5) is 4.75. The third-order valence-corrected chi connectivity index (χ3v) is 5.71. The molecule has 0 amide bonds. The number of aromatic nitrogens is 1. The highest BCUT2D eigenvalue weighted by atomic mass is 35.5. The predicted octanol–water partition coefficient (Wildman–Crippen LogP) is 6.47. The van der Waals surface area contributed by atoms with Crippen LogP contribution in [0.4, 0.5) is 0 Å². The van der Waals surface area contributed by atoms with Gasteiger partial charge in [-0.25, -0.2) is 4.98 Å². The molecule has 26 heavy (non-hydrogen) atoms. The molecule has 0 saturated heterocycles. The van der Waals surface area contributed by atoms with Crippen LogP contribution in [0.3, 0.4) is 0 Å². The third-order valence-electron chi connectivity index (χ3n) is 4.52. The van der Waals surface area contributed by atoms with E-state index in [1.54, 1.807) is 11.3 Å². The van der Waals surface area contributed by atoms with Gasteiger partial charge in [0.25, 0.3) is 0 Å². The molecule has 4 rings (SSSR count). The van der Waals surface area contributed by atoms with Gasteiger partial charge in [-0.15, -0.1) is 11.3 Å². The molecule has 3 aromatic carbocycles. The minimum atomic E-state index is 0.252. The summed E-state index contributed by atoms with van der Waals surface area (Å²) in [6, 6.07) is 23.1. The Morgan fingerprint density at radius 2 is 1.77 bits per heavy atom. The van der Waals surface area contributed by atoms with E-state index in [0.717, 1.165) is 27.8 Å². The van der Waals surface area contributed by atoms with Crippen LogP contribution in [0.2, 0.25) is 5.02 Å². The number of nitrogens with one attached hydrogen (secondary N) is 1. The molecule has 1 unspecified atom stereocenters. The molecule has 4 heteroatoms. The molecule has 0 saturated carbocycles. The van der Waals surface area contributed by atoms with Crippen LogP contribution in [0.1, 0.15) is 24.2 Å². The molecule has 0 aliphatic heterocycles. The fourth-order valence-electron chi connectivity index (χ4n) is 3.11. The van der Waals surface area contributed by atoms with Crippen LogP contribution in [0.15, 0.2) is 72.1 Å². The highest BCUT2D eigenvalue weighted by Gasteiger charge is 2.10. The summed E-state index contributed by atoms with van der Waals surface area (Å²) in [5.41, 5.74) is 3.48. The van der Waals surface area contributed by atoms with Gasteiger partial charge in [-0.2, -0.15) is 0 Å². The molecule has 0 radical (unpaired) electrons. The summed E-state index contributed by atoms with van der Waals surface area (Å²) in [6.45, 7) is 2.95. The Bertz CT molecular complexity index is 1020. The van der Waals surface area contributed by atoms with Crippen LogP contribution in [-0.4, -0.2) is 4.98 Å². The number of rotatable bonds is 5. The monoisotopic (exact) mass is 378 g/mol. The van der Waals surface area contributed by atoms with Crippen LogP contribution >= 0.6 is 22.9 Å². The SMILES string of the molecule is CC(NCc1csc(-c2ccc(Cl)cc2)n1)c1cccc2ccccc12. The summed E-state index contributed by atoms with van der Waals surface area (Å²) in [6.07, 6.45) is 0. The Morgan fingerprint density at radius 3 is 2.62 bits per heavy atom. The Hall–Kier alpha value is -2.20. The zero-order valence-electron chi connectivity index (χ0n) is 14.4. The van der Waals surface area contributed by atoms with Gasteiger partial charge in [0.1, 0.15) is 5.01 Å². The smallest absolute Gasteiger partial charge is 0.123 e. The molecule has 2 nitrogen and oxygen atoms in total. The van der Waals surface area contributed by atoms with Gasteiger partial charge in [0.15, 0.2) is 0 Å². The Balaban J connectivity index is 1.48. The maximum atomic E-state index is 5.96. The molecule has 1 heterocycles. The molecule has 0 fully saturated rings. The van der Waals surface area contributed by atoms with Crippen molar-refractivity contribution in [3.05, 3.63) is 88.4 Å². The van der Waals surface area contributed by atoms with Gasteiger partial charge in [0.2, 0.25) is 0 Å². The van der Waals surface area contributed by atoms with E-state index in [2.05, 4.69) is 60.1 Å². The van der Waals surface area contributed by atoms with Crippen molar-refractivity contribution in [2.75, 3.05) is 0 Å². The van der Waals surface area contributed by atoms with E-state index in [4.69, 9.17) is 16.6 Å². The van der Waals surface area contributed by atoms with E-state index in [-0.39, 0.29) is 6.04 Å². The lowest BCUT2D eigenvalue weighted by atomic mass is 10.00. The highest BCUT2D eigenvalue weighted by molar-refractivity contribution is 7.13. The molecule has 130 valence electrons. The van der Waals surface area contributed by atoms with Crippen molar-refractivity contribution in [1.82, 2.24) is 10.3 Å². The molecule has 1 aromatic heterocycles. The van der Waals surface area contributed by atoms with Gasteiger partial charge < -0.3 is 5.32 Å². The first-order chi connectivity index (χ1) is 12.7. The van der Waals surface area contributed by atoms with Crippen LogP contribution < -0.4 is 5.32 Å². The quantitative estimate of drug-likeness (QED) is 0.430. The fraction of sp³-hybridized carbons (Fsp3) is 0.136. The van der Waals surface area contributed by atoms with Crippen molar-refractivity contribution in [2.45, 2.75) is 19.5 Å². The lowest BCUT2D eigenvalue weighted by Crippen LogP contribution is -2.18. The number of nitrogens with zero attached hydrogens (tertiary/aromatic N) is 1. The summed E-state index contributed by atoms with van der Waals surface area (Å²) in [5, 5.41) is 10.1. The van der Waals surface area contributed by atoms with E-state index in [1.165, 1.54) is 16.3 Å². The minimum absolute atomic E-state index is 0.252. The van der Waals surface area contributed by atoms with Gasteiger partial charge in [-0.1, -0.05) is 66.2 Å². The maximum absolute atomic E-state index is 5.96. The average molecular weight is 379 g/mol. The first kappa shape index (κ1) is 17.2. The number of hydrogen-bond donors (Lipinski definition) is 1. The first-order valence-electron chi connectivity index (χ1n) is 8.62. The van der Waals surface area contributed by atoms with Gasteiger partial charge in [0, 0.05) is 28.6 Å². The van der Waals surface area contributed by atoms with E-state index in [1.807, 2.05) is 24.3 Å². The number of hydrogen-bond acceptors (Lipinski definition) is 3. The Labute approximate surface area is 162 Å². The molecule has 0 spiro atoms. The molecule has 0 aliphatic rings. The molecular weight excluding hydrogens is 360 g/mol. The molecule has 0 bridgehead atoms. The van der Waals surface area contributed by atoms with E-state index >= 15 is 0 Å².